The largest absolute Gasteiger partial charge is 0.396 e. The molecular weight excluding hydrogens is 502 g/mol. The number of aliphatic hydroxyl groups is 1. The summed E-state index contributed by atoms with van der Waals surface area (Å²) in [7, 11) is 0. The molecule has 8 nitrogen and oxygen atoms in total. The van der Waals surface area contributed by atoms with Crippen LogP contribution in [0.15, 0.2) is 42.6 Å². The van der Waals surface area contributed by atoms with Crippen molar-refractivity contribution in [3.05, 3.63) is 64.8 Å². The molecule has 0 aliphatic carbocycles. The Morgan fingerprint density at radius 2 is 1.95 bits per heavy atom. The number of amides is 2. The molecule has 1 saturated heterocycles. The zero-order valence-electron chi connectivity index (χ0n) is 19.9. The van der Waals surface area contributed by atoms with Gasteiger partial charge in [-0.05, 0) is 37.3 Å². The van der Waals surface area contributed by atoms with Gasteiger partial charge in [0.25, 0.3) is 0 Å². The molecular formula is C26H23ClF2N6O2. The Labute approximate surface area is 217 Å². The van der Waals surface area contributed by atoms with Gasteiger partial charge in [-0.3, -0.25) is 9.80 Å². The van der Waals surface area contributed by atoms with Gasteiger partial charge in [0.1, 0.15) is 11.5 Å². The molecule has 190 valence electrons. The number of aliphatic hydroxyl groups excluding tert-OH is 1. The number of fused-ring (bicyclic) bond motifs is 3. The second-order valence-corrected chi connectivity index (χ2v) is 9.57. The highest BCUT2D eigenvalue weighted by Crippen LogP contribution is 2.45. The first-order chi connectivity index (χ1) is 17.8. The van der Waals surface area contributed by atoms with E-state index in [0.717, 1.165) is 17.0 Å². The molecule has 2 aliphatic rings. The van der Waals surface area contributed by atoms with Crippen LogP contribution in [0.4, 0.5) is 36.5 Å². The zero-order chi connectivity index (χ0) is 26.3. The third-order valence-corrected chi connectivity index (χ3v) is 6.94. The van der Waals surface area contributed by atoms with Crippen LogP contribution in [0, 0.1) is 28.4 Å². The van der Waals surface area contributed by atoms with Crippen molar-refractivity contribution in [3.63, 3.8) is 0 Å². The van der Waals surface area contributed by atoms with Gasteiger partial charge in [-0.1, -0.05) is 17.7 Å². The van der Waals surface area contributed by atoms with E-state index in [1.54, 1.807) is 25.1 Å². The fourth-order valence-electron chi connectivity index (χ4n) is 4.62. The van der Waals surface area contributed by atoms with Crippen LogP contribution >= 0.6 is 11.6 Å². The summed E-state index contributed by atoms with van der Waals surface area (Å²) in [5, 5.41) is 25.6. The van der Waals surface area contributed by atoms with Crippen LogP contribution in [-0.4, -0.2) is 48.9 Å². The van der Waals surface area contributed by atoms with Crippen LogP contribution in [0.5, 0.6) is 0 Å². The van der Waals surface area contributed by atoms with Gasteiger partial charge in [0, 0.05) is 54.6 Å². The Balaban J connectivity index is 1.64. The third kappa shape index (κ3) is 4.25. The summed E-state index contributed by atoms with van der Waals surface area (Å²) in [6, 6.07) is 9.71. The van der Waals surface area contributed by atoms with E-state index in [1.807, 2.05) is 6.07 Å². The van der Waals surface area contributed by atoms with Gasteiger partial charge >= 0.3 is 6.03 Å². The number of nitrogens with one attached hydrogen (secondary N) is 2. The van der Waals surface area contributed by atoms with E-state index < -0.39 is 28.8 Å². The minimum Gasteiger partial charge on any atom is -0.396 e. The third-order valence-electron chi connectivity index (χ3n) is 6.73. The Morgan fingerprint density at radius 3 is 2.54 bits per heavy atom. The van der Waals surface area contributed by atoms with Crippen molar-refractivity contribution in [2.75, 3.05) is 47.9 Å². The van der Waals surface area contributed by atoms with Gasteiger partial charge in [-0.2, -0.15) is 5.26 Å². The van der Waals surface area contributed by atoms with Gasteiger partial charge in [0.2, 0.25) is 0 Å². The van der Waals surface area contributed by atoms with E-state index in [0.29, 0.717) is 35.8 Å². The highest BCUT2D eigenvalue weighted by molar-refractivity contribution is 6.31. The summed E-state index contributed by atoms with van der Waals surface area (Å²) in [5.41, 5.74) is 0.469. The number of benzene rings is 2. The molecule has 0 atom stereocenters. The van der Waals surface area contributed by atoms with Gasteiger partial charge in [-0.15, -0.1) is 0 Å². The standard InChI is InChI=1S/C26H23ClF2N6O2/c1-2-34-24-19(6-16(27)10-32-24)18-4-3-15(9-30)5-22(18)35(25(34)37)23-20(28)7-17(8-21(23)29)33-13-26(14-36)11-31-12-26/h3-8,10,31,33,36H,2,11-14H2,1H3. The molecule has 0 radical (unpaired) electrons. The number of urea groups is 1. The summed E-state index contributed by atoms with van der Waals surface area (Å²) in [6.07, 6.45) is 1.40. The normalized spacial score (nSPS) is 15.8. The first-order valence-electron chi connectivity index (χ1n) is 11.7. The van der Waals surface area contributed by atoms with Crippen molar-refractivity contribution in [1.82, 2.24) is 10.3 Å². The van der Waals surface area contributed by atoms with Crippen molar-refractivity contribution in [3.8, 4) is 17.2 Å². The molecule has 3 heterocycles. The average Bonchev–Trinajstić information content (AvgIpc) is 2.95. The Hall–Kier alpha value is -3.78. The molecule has 0 unspecified atom stereocenters. The lowest BCUT2D eigenvalue weighted by Crippen LogP contribution is -2.59. The maximum absolute atomic E-state index is 15.6. The van der Waals surface area contributed by atoms with Gasteiger partial charge in [0.05, 0.1) is 28.9 Å². The molecule has 5 rings (SSSR count). The lowest BCUT2D eigenvalue weighted by molar-refractivity contribution is 0.0810. The van der Waals surface area contributed by atoms with Crippen LogP contribution in [0.3, 0.4) is 0 Å². The highest BCUT2D eigenvalue weighted by atomic mass is 35.5. The van der Waals surface area contributed by atoms with Gasteiger partial charge in [0.15, 0.2) is 11.6 Å². The Morgan fingerprint density at radius 1 is 1.22 bits per heavy atom. The number of carbonyl (C=O) groups excluding carboxylic acids is 1. The molecule has 11 heteroatoms. The van der Waals surface area contributed by atoms with Crippen molar-refractivity contribution < 1.29 is 18.7 Å². The predicted octanol–water partition coefficient (Wildman–Crippen LogP) is 4.64. The van der Waals surface area contributed by atoms with E-state index in [-0.39, 0.29) is 35.9 Å². The number of pyridine rings is 1. The van der Waals surface area contributed by atoms with Crippen LogP contribution in [-0.2, 0) is 0 Å². The topological polar surface area (TPSA) is 105 Å². The SMILES string of the molecule is CCN1C(=O)N(c2c(F)cc(NCC3(CO)CNC3)cc2F)c2cc(C#N)ccc2-c2cc(Cl)cnc21. The van der Waals surface area contributed by atoms with E-state index in [4.69, 9.17) is 11.6 Å². The lowest BCUT2D eigenvalue weighted by atomic mass is 9.82. The van der Waals surface area contributed by atoms with Gasteiger partial charge in [-0.25, -0.2) is 18.6 Å². The Kier molecular flexibility index (Phi) is 6.45. The highest BCUT2D eigenvalue weighted by Gasteiger charge is 2.38. The van der Waals surface area contributed by atoms with Gasteiger partial charge < -0.3 is 15.7 Å². The zero-order valence-corrected chi connectivity index (χ0v) is 20.6. The molecule has 0 spiro atoms. The fraction of sp³-hybridized carbons (Fsp3) is 0.269. The molecule has 2 aliphatic heterocycles. The molecule has 1 aromatic heterocycles. The number of carbonyl (C=O) groups is 1. The summed E-state index contributed by atoms with van der Waals surface area (Å²) in [4.78, 5) is 20.4. The second-order valence-electron chi connectivity index (χ2n) is 9.13. The molecule has 3 N–H and O–H groups in total. The Bertz CT molecular complexity index is 1410. The lowest BCUT2D eigenvalue weighted by Gasteiger charge is -2.41. The van der Waals surface area contributed by atoms with Crippen molar-refractivity contribution in [2.24, 2.45) is 5.41 Å². The number of nitriles is 1. The number of aromatic nitrogens is 1. The number of hydrogen-bond acceptors (Lipinski definition) is 6. The monoisotopic (exact) mass is 524 g/mol. The first kappa shape index (κ1) is 24.9. The molecule has 0 saturated carbocycles. The van der Waals surface area contributed by atoms with Crippen molar-refractivity contribution in [1.29, 1.82) is 5.26 Å². The number of hydrogen-bond donors (Lipinski definition) is 3. The summed E-state index contributed by atoms with van der Waals surface area (Å²) >= 11 is 6.21. The smallest absolute Gasteiger partial charge is 0.334 e. The van der Waals surface area contributed by atoms with Crippen LogP contribution in [0.25, 0.3) is 11.1 Å². The van der Waals surface area contributed by atoms with Crippen LogP contribution < -0.4 is 20.4 Å². The maximum Gasteiger partial charge on any atom is 0.334 e. The molecule has 3 aromatic rings. The minimum absolute atomic E-state index is 0.0677. The summed E-state index contributed by atoms with van der Waals surface area (Å²) < 4.78 is 31.3. The quantitative estimate of drug-likeness (QED) is 0.434. The van der Waals surface area contributed by atoms with Crippen LogP contribution in [0.1, 0.15) is 12.5 Å². The number of halogens is 3. The van der Waals surface area contributed by atoms with Crippen molar-refractivity contribution >= 4 is 40.5 Å². The number of nitrogens with zero attached hydrogens (tertiary/aromatic N) is 4. The predicted molar refractivity (Wildman–Crippen MR) is 137 cm³/mol. The van der Waals surface area contributed by atoms with E-state index in [1.165, 1.54) is 17.2 Å². The molecule has 0 bridgehead atoms. The maximum atomic E-state index is 15.6. The second kappa shape index (κ2) is 9.59. The molecule has 37 heavy (non-hydrogen) atoms. The average molecular weight is 525 g/mol. The molecule has 2 amide bonds. The summed E-state index contributed by atoms with van der Waals surface area (Å²) in [6.45, 7) is 3.31. The molecule has 1 fully saturated rings. The minimum atomic E-state index is -0.970. The van der Waals surface area contributed by atoms with E-state index in [9.17, 15) is 15.2 Å². The van der Waals surface area contributed by atoms with E-state index >= 15 is 8.78 Å². The number of anilines is 4. The summed E-state index contributed by atoms with van der Waals surface area (Å²) in [5.74, 6) is -1.66. The molecule has 2 aromatic carbocycles. The fourth-order valence-corrected chi connectivity index (χ4v) is 4.77. The van der Waals surface area contributed by atoms with E-state index in [2.05, 4.69) is 15.6 Å². The van der Waals surface area contributed by atoms with Crippen molar-refractivity contribution in [2.45, 2.75) is 6.92 Å². The first-order valence-corrected chi connectivity index (χ1v) is 12.0. The number of rotatable bonds is 6. The van der Waals surface area contributed by atoms with Crippen LogP contribution in [0.2, 0.25) is 5.02 Å².